The maximum Gasteiger partial charge on any atom is 0.328 e. The lowest BCUT2D eigenvalue weighted by Crippen LogP contribution is -2.28. The molecule has 72 valence electrons. The van der Waals surface area contributed by atoms with Crippen LogP contribution < -0.4 is 5.32 Å². The molecule has 1 heterocycles. The Labute approximate surface area is 78.1 Å². The SMILES string of the molecule is O=C(O)/C=C\C=C\C1CCCNC1. The second kappa shape index (κ2) is 5.54. The number of carboxylic acid groups (broad SMARTS) is 1. The van der Waals surface area contributed by atoms with Gasteiger partial charge in [0, 0.05) is 12.6 Å². The summed E-state index contributed by atoms with van der Waals surface area (Å²) in [6.07, 6.45) is 8.99. The molecule has 0 aliphatic carbocycles. The van der Waals surface area contributed by atoms with Gasteiger partial charge in [0.25, 0.3) is 0 Å². The quantitative estimate of drug-likeness (QED) is 0.508. The lowest BCUT2D eigenvalue weighted by Gasteiger charge is -2.18. The number of hydrogen-bond donors (Lipinski definition) is 2. The van der Waals surface area contributed by atoms with Gasteiger partial charge in [-0.15, -0.1) is 0 Å². The third kappa shape index (κ3) is 4.48. The molecule has 1 aliphatic rings. The van der Waals surface area contributed by atoms with Crippen LogP contribution in [0.2, 0.25) is 0 Å². The van der Waals surface area contributed by atoms with Crippen molar-refractivity contribution in [2.24, 2.45) is 5.92 Å². The van der Waals surface area contributed by atoms with Crippen molar-refractivity contribution >= 4 is 5.97 Å². The Bertz CT molecular complexity index is 215. The van der Waals surface area contributed by atoms with Crippen LogP contribution in [0.5, 0.6) is 0 Å². The summed E-state index contributed by atoms with van der Waals surface area (Å²) in [7, 11) is 0. The highest BCUT2D eigenvalue weighted by molar-refractivity contribution is 5.80. The van der Waals surface area contributed by atoms with Crippen LogP contribution in [0.15, 0.2) is 24.3 Å². The molecule has 13 heavy (non-hydrogen) atoms. The molecule has 0 aromatic rings. The number of carboxylic acids is 1. The molecule has 3 heteroatoms. The molecule has 0 aromatic carbocycles. The Morgan fingerprint density at radius 1 is 1.46 bits per heavy atom. The Balaban J connectivity index is 2.25. The number of allylic oxidation sites excluding steroid dienone is 2. The van der Waals surface area contributed by atoms with E-state index in [1.54, 1.807) is 6.08 Å². The van der Waals surface area contributed by atoms with Crippen molar-refractivity contribution in [1.29, 1.82) is 0 Å². The van der Waals surface area contributed by atoms with Crippen LogP contribution in [0.1, 0.15) is 12.8 Å². The van der Waals surface area contributed by atoms with Crippen molar-refractivity contribution < 1.29 is 9.90 Å². The topological polar surface area (TPSA) is 49.3 Å². The normalized spacial score (nSPS) is 24.2. The first-order chi connectivity index (χ1) is 6.29. The highest BCUT2D eigenvalue weighted by atomic mass is 16.4. The van der Waals surface area contributed by atoms with E-state index in [2.05, 4.69) is 11.4 Å². The first-order valence-electron chi connectivity index (χ1n) is 4.57. The Hall–Kier alpha value is -1.09. The van der Waals surface area contributed by atoms with Gasteiger partial charge in [-0.1, -0.05) is 18.2 Å². The van der Waals surface area contributed by atoms with E-state index in [9.17, 15) is 4.79 Å². The van der Waals surface area contributed by atoms with Crippen LogP contribution in [0.4, 0.5) is 0 Å². The van der Waals surface area contributed by atoms with Crippen LogP contribution in [-0.4, -0.2) is 24.2 Å². The predicted molar refractivity (Wildman–Crippen MR) is 51.5 cm³/mol. The van der Waals surface area contributed by atoms with Gasteiger partial charge in [-0.2, -0.15) is 0 Å². The molecule has 2 N–H and O–H groups in total. The number of aliphatic carboxylic acids is 1. The highest BCUT2D eigenvalue weighted by Gasteiger charge is 2.07. The monoisotopic (exact) mass is 181 g/mol. The Morgan fingerprint density at radius 2 is 2.31 bits per heavy atom. The van der Waals surface area contributed by atoms with E-state index in [1.165, 1.54) is 12.8 Å². The number of rotatable bonds is 3. The van der Waals surface area contributed by atoms with Gasteiger partial charge in [-0.25, -0.2) is 4.79 Å². The largest absolute Gasteiger partial charge is 0.478 e. The minimum atomic E-state index is -0.897. The van der Waals surface area contributed by atoms with Crippen molar-refractivity contribution in [1.82, 2.24) is 5.32 Å². The van der Waals surface area contributed by atoms with Gasteiger partial charge in [0.2, 0.25) is 0 Å². The van der Waals surface area contributed by atoms with Crippen LogP contribution in [0, 0.1) is 5.92 Å². The summed E-state index contributed by atoms with van der Waals surface area (Å²) in [5, 5.41) is 11.6. The van der Waals surface area contributed by atoms with Crippen LogP contribution >= 0.6 is 0 Å². The first kappa shape index (κ1) is 9.99. The summed E-state index contributed by atoms with van der Waals surface area (Å²) in [5.41, 5.74) is 0. The summed E-state index contributed by atoms with van der Waals surface area (Å²) in [4.78, 5) is 10.1. The van der Waals surface area contributed by atoms with E-state index in [4.69, 9.17) is 5.11 Å². The average molecular weight is 181 g/mol. The smallest absolute Gasteiger partial charge is 0.328 e. The summed E-state index contributed by atoms with van der Waals surface area (Å²) >= 11 is 0. The van der Waals surface area contributed by atoms with E-state index in [-0.39, 0.29) is 0 Å². The van der Waals surface area contributed by atoms with Gasteiger partial charge in [-0.05, 0) is 25.3 Å². The summed E-state index contributed by atoms with van der Waals surface area (Å²) < 4.78 is 0. The highest BCUT2D eigenvalue weighted by Crippen LogP contribution is 2.10. The number of hydrogen-bond acceptors (Lipinski definition) is 2. The molecule has 1 unspecified atom stereocenters. The van der Waals surface area contributed by atoms with Gasteiger partial charge in [0.05, 0.1) is 0 Å². The summed E-state index contributed by atoms with van der Waals surface area (Å²) in [5.74, 6) is -0.335. The van der Waals surface area contributed by atoms with Crippen molar-refractivity contribution in [3.8, 4) is 0 Å². The molecule has 1 aliphatic heterocycles. The predicted octanol–water partition coefficient (Wildman–Crippen LogP) is 1.18. The fourth-order valence-electron chi connectivity index (χ4n) is 1.40. The lowest BCUT2D eigenvalue weighted by molar-refractivity contribution is -0.131. The zero-order chi connectivity index (χ0) is 9.52. The molecular weight excluding hydrogens is 166 g/mol. The van der Waals surface area contributed by atoms with E-state index in [0.29, 0.717) is 5.92 Å². The maximum atomic E-state index is 10.1. The lowest BCUT2D eigenvalue weighted by atomic mass is 9.99. The molecule has 3 nitrogen and oxygen atoms in total. The summed E-state index contributed by atoms with van der Waals surface area (Å²) in [6, 6.07) is 0. The molecule has 1 saturated heterocycles. The van der Waals surface area contributed by atoms with E-state index >= 15 is 0 Å². The van der Waals surface area contributed by atoms with E-state index in [1.807, 2.05) is 6.08 Å². The molecule has 0 bridgehead atoms. The standard InChI is InChI=1S/C10H15NO2/c12-10(13)6-2-1-4-9-5-3-7-11-8-9/h1-2,4,6,9,11H,3,5,7-8H2,(H,12,13)/b4-1+,6-2-. The Morgan fingerprint density at radius 3 is 2.92 bits per heavy atom. The second-order valence-electron chi connectivity index (χ2n) is 3.19. The maximum absolute atomic E-state index is 10.1. The van der Waals surface area contributed by atoms with Gasteiger partial charge < -0.3 is 10.4 Å². The number of carbonyl (C=O) groups is 1. The van der Waals surface area contributed by atoms with Crippen molar-refractivity contribution in [3.63, 3.8) is 0 Å². The summed E-state index contributed by atoms with van der Waals surface area (Å²) in [6.45, 7) is 2.12. The molecule has 0 spiro atoms. The zero-order valence-electron chi connectivity index (χ0n) is 7.57. The first-order valence-corrected chi connectivity index (χ1v) is 4.57. The molecule has 0 radical (unpaired) electrons. The fraction of sp³-hybridized carbons (Fsp3) is 0.500. The molecule has 0 saturated carbocycles. The molecule has 1 rings (SSSR count). The van der Waals surface area contributed by atoms with E-state index < -0.39 is 5.97 Å². The molecule has 1 atom stereocenters. The van der Waals surface area contributed by atoms with Crippen LogP contribution in [0.25, 0.3) is 0 Å². The zero-order valence-corrected chi connectivity index (χ0v) is 7.57. The van der Waals surface area contributed by atoms with Crippen LogP contribution in [-0.2, 0) is 4.79 Å². The van der Waals surface area contributed by atoms with Crippen molar-refractivity contribution in [3.05, 3.63) is 24.3 Å². The van der Waals surface area contributed by atoms with Gasteiger partial charge in [0.15, 0.2) is 0 Å². The van der Waals surface area contributed by atoms with E-state index in [0.717, 1.165) is 19.2 Å². The number of nitrogens with one attached hydrogen (secondary N) is 1. The molecule has 1 fully saturated rings. The molecule has 0 amide bonds. The fourth-order valence-corrected chi connectivity index (χ4v) is 1.40. The molecule has 0 aromatic heterocycles. The minimum Gasteiger partial charge on any atom is -0.478 e. The Kier molecular flexibility index (Phi) is 4.26. The third-order valence-corrected chi connectivity index (χ3v) is 2.07. The van der Waals surface area contributed by atoms with Gasteiger partial charge in [0.1, 0.15) is 0 Å². The van der Waals surface area contributed by atoms with Crippen LogP contribution in [0.3, 0.4) is 0 Å². The average Bonchev–Trinajstić information content (AvgIpc) is 2.14. The second-order valence-corrected chi connectivity index (χ2v) is 3.19. The van der Waals surface area contributed by atoms with Gasteiger partial charge in [-0.3, -0.25) is 0 Å². The minimum absolute atomic E-state index is 0.562. The molecular formula is C10H15NO2. The van der Waals surface area contributed by atoms with Crippen molar-refractivity contribution in [2.75, 3.05) is 13.1 Å². The third-order valence-electron chi connectivity index (χ3n) is 2.07. The number of piperidine rings is 1. The van der Waals surface area contributed by atoms with Crippen molar-refractivity contribution in [2.45, 2.75) is 12.8 Å². The van der Waals surface area contributed by atoms with Gasteiger partial charge >= 0.3 is 5.97 Å².